The standard InChI is InChI=1S/C19H14Cl7NSi2/c20-19(21,22)13-1-3-14(4-2-13)27(15-5-9-17(28-23)10-6-15)16-7-11-18(12-8-16)29(24,25)26/h1-12H,28H2. The summed E-state index contributed by atoms with van der Waals surface area (Å²) in [6, 6.07) is 20.1. The Hall–Kier alpha value is -0.0762. The van der Waals surface area contributed by atoms with Gasteiger partial charge in [0, 0.05) is 22.6 Å². The number of hydrogen-bond donors (Lipinski definition) is 0. The van der Waals surface area contributed by atoms with E-state index in [9.17, 15) is 0 Å². The van der Waals surface area contributed by atoms with Crippen LogP contribution in [0, 0.1) is 0 Å². The Bertz CT molecular complexity index is 893. The van der Waals surface area contributed by atoms with E-state index in [1.165, 1.54) is 5.19 Å². The van der Waals surface area contributed by atoms with Crippen molar-refractivity contribution in [1.82, 2.24) is 0 Å². The number of rotatable bonds is 5. The average molecular weight is 561 g/mol. The topological polar surface area (TPSA) is 3.24 Å². The summed E-state index contributed by atoms with van der Waals surface area (Å²) in [6.45, 7) is 0. The lowest BCUT2D eigenvalue weighted by atomic mass is 10.1. The first-order valence-corrected chi connectivity index (χ1v) is 17.4. The molecule has 152 valence electrons. The van der Waals surface area contributed by atoms with Crippen LogP contribution in [-0.2, 0) is 3.79 Å². The van der Waals surface area contributed by atoms with Gasteiger partial charge in [-0.05, 0) is 46.8 Å². The van der Waals surface area contributed by atoms with E-state index in [1.807, 2.05) is 60.7 Å². The molecule has 0 unspecified atom stereocenters. The molecule has 0 radical (unpaired) electrons. The largest absolute Gasteiger partial charge is 0.372 e. The third-order valence-electron chi connectivity index (χ3n) is 4.25. The van der Waals surface area contributed by atoms with E-state index in [0.717, 1.165) is 22.2 Å². The molecule has 0 aliphatic heterocycles. The average Bonchev–Trinajstić information content (AvgIpc) is 2.68. The van der Waals surface area contributed by atoms with E-state index >= 15 is 0 Å². The highest BCUT2D eigenvalue weighted by Crippen LogP contribution is 2.40. The Balaban J connectivity index is 2.06. The van der Waals surface area contributed by atoms with E-state index in [-0.39, 0.29) is 0 Å². The van der Waals surface area contributed by atoms with Gasteiger partial charge in [-0.15, -0.1) is 33.2 Å². The molecule has 0 fully saturated rings. The lowest BCUT2D eigenvalue weighted by molar-refractivity contribution is 1.22. The molecule has 0 spiro atoms. The summed E-state index contributed by atoms with van der Waals surface area (Å²) in [7, 11) is -0.747. The molecule has 0 aliphatic rings. The number of hydrogen-bond acceptors (Lipinski definition) is 1. The molecule has 0 aliphatic carbocycles. The van der Waals surface area contributed by atoms with Crippen LogP contribution >= 0.6 is 79.1 Å². The summed E-state index contributed by atoms with van der Waals surface area (Å²) >= 11 is 42.4. The number of benzene rings is 3. The number of anilines is 3. The molecular formula is C19H14Cl7NSi2. The van der Waals surface area contributed by atoms with Crippen molar-refractivity contribution in [2.24, 2.45) is 0 Å². The van der Waals surface area contributed by atoms with Gasteiger partial charge in [0.25, 0.3) is 0 Å². The van der Waals surface area contributed by atoms with Crippen LogP contribution in [0.2, 0.25) is 0 Å². The molecule has 3 aromatic rings. The lowest BCUT2D eigenvalue weighted by Crippen LogP contribution is -2.29. The highest BCUT2D eigenvalue weighted by atomic mass is 35.8. The predicted octanol–water partition coefficient (Wildman–Crippen LogP) is 6.79. The Morgan fingerprint density at radius 2 is 1.07 bits per heavy atom. The van der Waals surface area contributed by atoms with Gasteiger partial charge in [0.2, 0.25) is 3.79 Å². The van der Waals surface area contributed by atoms with Gasteiger partial charge in [-0.1, -0.05) is 71.2 Å². The van der Waals surface area contributed by atoms with Gasteiger partial charge in [-0.25, -0.2) is 0 Å². The number of alkyl halides is 3. The minimum absolute atomic E-state index is 0.590. The Morgan fingerprint density at radius 1 is 0.655 bits per heavy atom. The molecule has 0 saturated heterocycles. The zero-order valence-corrected chi connectivity index (χ0v) is 22.4. The SMILES string of the molecule is Cl[SiH2]c1ccc(N(c2ccc(C(Cl)(Cl)Cl)cc2)c2ccc([Si](Cl)(Cl)Cl)cc2)cc1. The van der Waals surface area contributed by atoms with Crippen LogP contribution in [0.5, 0.6) is 0 Å². The maximum atomic E-state index is 6.13. The molecule has 3 rings (SSSR count). The fourth-order valence-electron chi connectivity index (χ4n) is 2.78. The quantitative estimate of drug-likeness (QED) is 0.189. The summed E-state index contributed by atoms with van der Waals surface area (Å²) in [5.41, 5.74) is 3.37. The van der Waals surface area contributed by atoms with E-state index in [0.29, 0.717) is 5.56 Å². The first-order valence-electron chi connectivity index (χ1n) is 8.39. The van der Waals surface area contributed by atoms with Crippen molar-refractivity contribution in [3.63, 3.8) is 0 Å². The summed E-state index contributed by atoms with van der Waals surface area (Å²) < 4.78 is -1.48. The Labute approximate surface area is 207 Å². The lowest BCUT2D eigenvalue weighted by Gasteiger charge is -2.26. The number of halogens is 7. The zero-order valence-electron chi connectivity index (χ0n) is 14.7. The van der Waals surface area contributed by atoms with Gasteiger partial charge in [0.05, 0.1) is 0 Å². The maximum absolute atomic E-state index is 6.13. The fourth-order valence-corrected chi connectivity index (χ4v) is 5.79. The third kappa shape index (κ3) is 6.00. The zero-order chi connectivity index (χ0) is 21.2. The summed E-state index contributed by atoms with van der Waals surface area (Å²) in [6.07, 6.45) is 0. The molecule has 0 atom stereocenters. The highest BCUT2D eigenvalue weighted by Gasteiger charge is 2.28. The van der Waals surface area contributed by atoms with Crippen LogP contribution in [0.25, 0.3) is 0 Å². The number of nitrogens with zero attached hydrogens (tertiary/aromatic N) is 1. The van der Waals surface area contributed by atoms with Gasteiger partial charge in [-0.3, -0.25) is 0 Å². The van der Waals surface area contributed by atoms with Crippen LogP contribution in [0.15, 0.2) is 72.8 Å². The fraction of sp³-hybridized carbons (Fsp3) is 0.0526. The van der Waals surface area contributed by atoms with Gasteiger partial charge in [-0.2, -0.15) is 11.1 Å². The molecular weight excluding hydrogens is 547 g/mol. The first kappa shape index (κ1) is 23.6. The van der Waals surface area contributed by atoms with Gasteiger partial charge >= 0.3 is 6.00 Å². The van der Waals surface area contributed by atoms with Crippen molar-refractivity contribution in [2.75, 3.05) is 4.90 Å². The monoisotopic (exact) mass is 557 g/mol. The van der Waals surface area contributed by atoms with Crippen molar-refractivity contribution >= 4 is 121 Å². The minimum atomic E-state index is -2.95. The van der Waals surface area contributed by atoms with Gasteiger partial charge in [0.15, 0.2) is 8.83 Å². The van der Waals surface area contributed by atoms with Crippen LogP contribution < -0.4 is 15.3 Å². The normalized spacial score (nSPS) is 12.5. The van der Waals surface area contributed by atoms with Crippen molar-refractivity contribution in [1.29, 1.82) is 0 Å². The maximum Gasteiger partial charge on any atom is 0.372 e. The predicted molar refractivity (Wildman–Crippen MR) is 137 cm³/mol. The molecule has 0 bridgehead atoms. The molecule has 1 nitrogen and oxygen atoms in total. The highest BCUT2D eigenvalue weighted by molar-refractivity contribution is 7.69. The van der Waals surface area contributed by atoms with E-state index < -0.39 is 18.6 Å². The molecule has 10 heteroatoms. The van der Waals surface area contributed by atoms with E-state index in [1.54, 1.807) is 12.1 Å². The van der Waals surface area contributed by atoms with Crippen molar-refractivity contribution in [3.8, 4) is 0 Å². The molecule has 0 amide bonds. The summed E-state index contributed by atoms with van der Waals surface area (Å²) in [5.74, 6) is 0. The third-order valence-corrected chi connectivity index (χ3v) is 9.57. The van der Waals surface area contributed by atoms with Crippen molar-refractivity contribution in [3.05, 3.63) is 78.4 Å². The second-order valence-corrected chi connectivity index (χ2v) is 18.8. The Morgan fingerprint density at radius 3 is 1.45 bits per heavy atom. The van der Waals surface area contributed by atoms with Crippen molar-refractivity contribution < 1.29 is 0 Å². The summed E-state index contributed by atoms with van der Waals surface area (Å²) in [4.78, 5) is 2.07. The van der Waals surface area contributed by atoms with Gasteiger partial charge in [0.1, 0.15) is 0 Å². The molecule has 0 saturated carbocycles. The Kier molecular flexibility index (Phi) is 7.81. The molecule has 29 heavy (non-hydrogen) atoms. The van der Waals surface area contributed by atoms with Crippen LogP contribution in [0.4, 0.5) is 17.1 Å². The van der Waals surface area contributed by atoms with Gasteiger partial charge < -0.3 is 4.90 Å². The molecule has 3 aromatic carbocycles. The minimum Gasteiger partial charge on any atom is -0.311 e. The van der Waals surface area contributed by atoms with Crippen LogP contribution in [0.3, 0.4) is 0 Å². The molecule has 0 N–H and O–H groups in total. The van der Waals surface area contributed by atoms with Crippen LogP contribution in [0.1, 0.15) is 5.56 Å². The van der Waals surface area contributed by atoms with E-state index in [2.05, 4.69) is 4.90 Å². The van der Waals surface area contributed by atoms with Crippen molar-refractivity contribution in [2.45, 2.75) is 3.79 Å². The second kappa shape index (κ2) is 9.60. The first-order chi connectivity index (χ1) is 13.6. The summed E-state index contributed by atoms with van der Waals surface area (Å²) in [5, 5.41) is 1.89. The molecule has 0 heterocycles. The smallest absolute Gasteiger partial charge is 0.311 e. The molecule has 0 aromatic heterocycles. The second-order valence-electron chi connectivity index (χ2n) is 6.22. The van der Waals surface area contributed by atoms with E-state index in [4.69, 9.17) is 79.1 Å². The van der Waals surface area contributed by atoms with Crippen LogP contribution in [-0.4, -0.2) is 14.8 Å².